The lowest BCUT2D eigenvalue weighted by Gasteiger charge is -2.13. The molecular weight excluding hydrogens is 326 g/mol. The first-order valence-corrected chi connectivity index (χ1v) is 11.1. The summed E-state index contributed by atoms with van der Waals surface area (Å²) in [6.07, 6.45) is 3.53. The van der Waals surface area contributed by atoms with Gasteiger partial charge in [0, 0.05) is 11.8 Å². The normalized spacial score (nSPS) is 11.6. The van der Waals surface area contributed by atoms with Crippen LogP contribution in [0.3, 0.4) is 0 Å². The van der Waals surface area contributed by atoms with Crippen LogP contribution in [0.25, 0.3) is 0 Å². The molecule has 0 atom stereocenters. The second-order valence-corrected chi connectivity index (χ2v) is 8.34. The molecule has 0 N–H and O–H groups in total. The van der Waals surface area contributed by atoms with Crippen molar-refractivity contribution in [3.05, 3.63) is 83.9 Å². The van der Waals surface area contributed by atoms with Gasteiger partial charge in [0.2, 0.25) is 9.04 Å². The molecule has 1 heterocycles. The fourth-order valence-corrected chi connectivity index (χ4v) is 3.11. The van der Waals surface area contributed by atoms with Crippen molar-refractivity contribution in [2.24, 2.45) is 4.99 Å². The highest BCUT2D eigenvalue weighted by atomic mass is 28.3. The Kier molecular flexibility index (Phi) is 5.35. The Morgan fingerprint density at radius 2 is 1.64 bits per heavy atom. The van der Waals surface area contributed by atoms with Gasteiger partial charge in [0.25, 0.3) is 0 Å². The van der Waals surface area contributed by atoms with Crippen LogP contribution in [0.15, 0.2) is 72.0 Å². The summed E-state index contributed by atoms with van der Waals surface area (Å²) >= 11 is 0. The van der Waals surface area contributed by atoms with E-state index in [9.17, 15) is 0 Å². The van der Waals surface area contributed by atoms with Crippen LogP contribution >= 0.6 is 0 Å². The number of benzene rings is 2. The van der Waals surface area contributed by atoms with Crippen molar-refractivity contribution in [2.75, 3.05) is 0 Å². The lowest BCUT2D eigenvalue weighted by molar-refractivity contribution is 0.582. The molecule has 0 saturated carbocycles. The van der Waals surface area contributed by atoms with E-state index in [0.717, 1.165) is 34.1 Å². The van der Waals surface area contributed by atoms with Crippen molar-refractivity contribution in [2.45, 2.75) is 20.0 Å². The summed E-state index contributed by atoms with van der Waals surface area (Å²) in [5, 5.41) is 0. The molecule has 2 aromatic carbocycles. The summed E-state index contributed by atoms with van der Waals surface area (Å²) in [4.78, 5) is 13.8. The van der Waals surface area contributed by atoms with Gasteiger partial charge in [0.05, 0.1) is 17.6 Å². The fourth-order valence-electron chi connectivity index (χ4n) is 2.40. The summed E-state index contributed by atoms with van der Waals surface area (Å²) in [7, 11) is -1.22. The molecule has 0 fully saturated rings. The topological polar surface area (TPSA) is 47.4 Å². The van der Waals surface area contributed by atoms with Crippen molar-refractivity contribution in [3.8, 4) is 5.75 Å². The quantitative estimate of drug-likeness (QED) is 0.510. The summed E-state index contributed by atoms with van der Waals surface area (Å²) < 4.78 is 6.03. The number of aliphatic imine (C=N–C) groups is 1. The Morgan fingerprint density at radius 3 is 2.32 bits per heavy atom. The second-order valence-electron chi connectivity index (χ2n) is 6.00. The van der Waals surface area contributed by atoms with Crippen LogP contribution in [-0.4, -0.2) is 24.7 Å². The Labute approximate surface area is 150 Å². The fraction of sp³-hybridized carbons (Fsp3) is 0.150. The van der Waals surface area contributed by atoms with Crippen molar-refractivity contribution in [3.63, 3.8) is 0 Å². The maximum atomic E-state index is 6.03. The van der Waals surface area contributed by atoms with Crippen LogP contribution in [0.1, 0.15) is 17.0 Å². The van der Waals surface area contributed by atoms with E-state index in [1.807, 2.05) is 61.5 Å². The van der Waals surface area contributed by atoms with Gasteiger partial charge in [0.1, 0.15) is 17.1 Å². The lowest BCUT2D eigenvalue weighted by Crippen LogP contribution is -2.11. The number of nitrogens with zero attached hydrogens (tertiary/aromatic N) is 3. The number of hydrogen-bond donors (Lipinski definition) is 0. The zero-order valence-corrected chi connectivity index (χ0v) is 15.8. The van der Waals surface area contributed by atoms with Gasteiger partial charge in [-0.3, -0.25) is 9.97 Å². The molecule has 0 unspecified atom stereocenters. The molecule has 0 aliphatic carbocycles. The highest BCUT2D eigenvalue weighted by Gasteiger charge is 2.12. The summed E-state index contributed by atoms with van der Waals surface area (Å²) in [6.45, 7) is 6.21. The third-order valence-corrected chi connectivity index (χ3v) is 4.26. The number of aryl methyl sites for hydroxylation is 1. The van der Waals surface area contributed by atoms with Crippen molar-refractivity contribution in [1.29, 1.82) is 0 Å². The Hall–Kier alpha value is -2.79. The van der Waals surface area contributed by atoms with Crippen LogP contribution in [0, 0.1) is 6.92 Å². The Bertz CT molecular complexity index is 862. The van der Waals surface area contributed by atoms with Gasteiger partial charge in [-0.05, 0) is 32.2 Å². The molecule has 3 aromatic rings. The zero-order chi connectivity index (χ0) is 17.6. The number of rotatable bonds is 5. The van der Waals surface area contributed by atoms with E-state index < -0.39 is 9.04 Å². The Morgan fingerprint density at radius 1 is 0.920 bits per heavy atom. The van der Waals surface area contributed by atoms with Crippen LogP contribution in [0.4, 0.5) is 5.69 Å². The molecule has 0 aliphatic rings. The predicted octanol–water partition coefficient (Wildman–Crippen LogP) is 4.32. The van der Waals surface area contributed by atoms with Crippen molar-refractivity contribution in [1.82, 2.24) is 9.97 Å². The van der Waals surface area contributed by atoms with Gasteiger partial charge < -0.3 is 4.43 Å². The minimum atomic E-state index is -1.22. The van der Waals surface area contributed by atoms with E-state index >= 15 is 0 Å². The van der Waals surface area contributed by atoms with Crippen LogP contribution < -0.4 is 4.43 Å². The first-order chi connectivity index (χ1) is 12.1. The van der Waals surface area contributed by atoms with Gasteiger partial charge in [-0.1, -0.05) is 42.5 Å². The van der Waals surface area contributed by atoms with Gasteiger partial charge in [-0.25, -0.2) is 4.99 Å². The van der Waals surface area contributed by atoms with E-state index in [2.05, 4.69) is 23.1 Å². The average molecular weight is 347 g/mol. The lowest BCUT2D eigenvalue weighted by atomic mass is 10.1. The van der Waals surface area contributed by atoms with Gasteiger partial charge >= 0.3 is 0 Å². The zero-order valence-electron chi connectivity index (χ0n) is 14.7. The molecule has 25 heavy (non-hydrogen) atoms. The maximum Gasteiger partial charge on any atom is 0.229 e. The van der Waals surface area contributed by atoms with Gasteiger partial charge in [0.15, 0.2) is 0 Å². The SMILES string of the molecule is Cc1cnc(C(=Nc2ccccc2O[SiH](C)C)c2ccccc2)cn1. The van der Waals surface area contributed by atoms with E-state index in [0.29, 0.717) is 0 Å². The molecule has 126 valence electrons. The highest BCUT2D eigenvalue weighted by Crippen LogP contribution is 2.29. The van der Waals surface area contributed by atoms with E-state index in [-0.39, 0.29) is 0 Å². The molecule has 0 radical (unpaired) electrons. The summed E-state index contributed by atoms with van der Waals surface area (Å²) in [5.74, 6) is 0.817. The van der Waals surface area contributed by atoms with Crippen molar-refractivity contribution >= 4 is 20.4 Å². The van der Waals surface area contributed by atoms with Gasteiger partial charge in [-0.2, -0.15) is 0 Å². The predicted molar refractivity (Wildman–Crippen MR) is 104 cm³/mol. The van der Waals surface area contributed by atoms with E-state index in [4.69, 9.17) is 9.42 Å². The first kappa shape index (κ1) is 17.0. The largest absolute Gasteiger partial charge is 0.546 e. The second kappa shape index (κ2) is 7.85. The average Bonchev–Trinajstić information content (AvgIpc) is 2.62. The molecule has 4 nitrogen and oxygen atoms in total. The number of aromatic nitrogens is 2. The third-order valence-electron chi connectivity index (χ3n) is 3.53. The molecule has 0 spiro atoms. The molecule has 0 amide bonds. The molecule has 5 heteroatoms. The number of hydrogen-bond acceptors (Lipinski definition) is 4. The molecule has 0 bridgehead atoms. The third kappa shape index (κ3) is 4.39. The molecular formula is C20H21N3OSi. The minimum Gasteiger partial charge on any atom is -0.546 e. The standard InChI is InChI=1S/C20H21N3OSi/c1-15-13-22-18(14-21-15)20(16-9-5-4-6-10-16)23-17-11-7-8-12-19(17)24-25(2)3/h4-14,25H,1-3H3. The minimum absolute atomic E-state index is 0.744. The smallest absolute Gasteiger partial charge is 0.229 e. The molecule has 0 saturated heterocycles. The summed E-state index contributed by atoms with van der Waals surface area (Å²) in [5.41, 5.74) is 4.22. The first-order valence-electron chi connectivity index (χ1n) is 8.32. The summed E-state index contributed by atoms with van der Waals surface area (Å²) in [6, 6.07) is 17.9. The Balaban J connectivity index is 2.12. The number of para-hydroxylation sites is 2. The van der Waals surface area contributed by atoms with Crippen molar-refractivity contribution < 1.29 is 4.43 Å². The van der Waals surface area contributed by atoms with Crippen LogP contribution in [-0.2, 0) is 0 Å². The van der Waals surface area contributed by atoms with E-state index in [1.54, 1.807) is 12.4 Å². The molecule has 0 aliphatic heterocycles. The maximum absolute atomic E-state index is 6.03. The van der Waals surface area contributed by atoms with E-state index in [1.165, 1.54) is 0 Å². The molecule has 3 rings (SSSR count). The van der Waals surface area contributed by atoms with Crippen LogP contribution in [0.5, 0.6) is 5.75 Å². The van der Waals surface area contributed by atoms with Crippen LogP contribution in [0.2, 0.25) is 13.1 Å². The highest BCUT2D eigenvalue weighted by molar-refractivity contribution is 6.49. The monoisotopic (exact) mass is 347 g/mol. The molecule has 1 aromatic heterocycles. The van der Waals surface area contributed by atoms with Gasteiger partial charge in [-0.15, -0.1) is 0 Å².